The molecule has 0 aromatic carbocycles. The van der Waals surface area contributed by atoms with Crippen molar-refractivity contribution in [1.29, 1.82) is 0 Å². The molecule has 2 atom stereocenters. The standard InChI is InChI=1S/C13H22O3/c1-4-11(3)15-9-13(14)16-12-7-5-10(2)6-8-12/h5,11-12H,4,6-9H2,1-3H3. The van der Waals surface area contributed by atoms with Crippen LogP contribution in [0.2, 0.25) is 0 Å². The van der Waals surface area contributed by atoms with Crippen LogP contribution >= 0.6 is 0 Å². The molecule has 0 aliphatic heterocycles. The molecule has 92 valence electrons. The molecule has 0 aromatic rings. The Kier molecular flexibility index (Phi) is 5.53. The Bertz CT molecular complexity index is 258. The van der Waals surface area contributed by atoms with Gasteiger partial charge in [0, 0.05) is 6.42 Å². The molecule has 3 nitrogen and oxygen atoms in total. The van der Waals surface area contributed by atoms with Gasteiger partial charge in [-0.3, -0.25) is 0 Å². The molecule has 1 aliphatic carbocycles. The molecule has 1 aliphatic rings. The lowest BCUT2D eigenvalue weighted by atomic mass is 9.98. The summed E-state index contributed by atoms with van der Waals surface area (Å²) < 4.78 is 10.7. The predicted molar refractivity (Wildman–Crippen MR) is 63.2 cm³/mol. The summed E-state index contributed by atoms with van der Waals surface area (Å²) in [5.74, 6) is -0.238. The highest BCUT2D eigenvalue weighted by Crippen LogP contribution is 2.20. The van der Waals surface area contributed by atoms with Gasteiger partial charge in [0.05, 0.1) is 6.10 Å². The fourth-order valence-corrected chi connectivity index (χ4v) is 1.60. The Labute approximate surface area is 97.8 Å². The summed E-state index contributed by atoms with van der Waals surface area (Å²) in [5.41, 5.74) is 1.39. The summed E-state index contributed by atoms with van der Waals surface area (Å²) in [5, 5.41) is 0. The monoisotopic (exact) mass is 226 g/mol. The first-order valence-electron chi connectivity index (χ1n) is 6.08. The lowest BCUT2D eigenvalue weighted by molar-refractivity contribution is -0.156. The van der Waals surface area contributed by atoms with Crippen LogP contribution in [0, 0.1) is 0 Å². The third-order valence-corrected chi connectivity index (χ3v) is 2.95. The smallest absolute Gasteiger partial charge is 0.332 e. The minimum atomic E-state index is -0.238. The quantitative estimate of drug-likeness (QED) is 0.534. The molecule has 16 heavy (non-hydrogen) atoms. The highest BCUT2D eigenvalue weighted by Gasteiger charge is 2.17. The molecule has 0 radical (unpaired) electrons. The minimum absolute atomic E-state index is 0.0525. The Morgan fingerprint density at radius 3 is 2.94 bits per heavy atom. The van der Waals surface area contributed by atoms with E-state index in [1.165, 1.54) is 5.57 Å². The third kappa shape index (κ3) is 4.79. The van der Waals surface area contributed by atoms with Gasteiger partial charge in [0.1, 0.15) is 12.7 Å². The largest absolute Gasteiger partial charge is 0.460 e. The van der Waals surface area contributed by atoms with Crippen molar-refractivity contribution in [3.05, 3.63) is 11.6 Å². The van der Waals surface area contributed by atoms with Crippen molar-refractivity contribution in [1.82, 2.24) is 0 Å². The average molecular weight is 226 g/mol. The third-order valence-electron chi connectivity index (χ3n) is 2.95. The van der Waals surface area contributed by atoms with E-state index >= 15 is 0 Å². The first-order chi connectivity index (χ1) is 7.61. The van der Waals surface area contributed by atoms with Crippen LogP contribution in [0.3, 0.4) is 0 Å². The summed E-state index contributed by atoms with van der Waals surface area (Å²) in [7, 11) is 0. The van der Waals surface area contributed by atoms with E-state index in [1.54, 1.807) is 0 Å². The van der Waals surface area contributed by atoms with Gasteiger partial charge in [-0.05, 0) is 33.1 Å². The zero-order valence-corrected chi connectivity index (χ0v) is 10.5. The van der Waals surface area contributed by atoms with E-state index in [-0.39, 0.29) is 24.8 Å². The van der Waals surface area contributed by atoms with Crippen LogP contribution in [-0.2, 0) is 14.3 Å². The average Bonchev–Trinajstić information content (AvgIpc) is 2.29. The van der Waals surface area contributed by atoms with E-state index in [0.717, 1.165) is 25.7 Å². The fourth-order valence-electron chi connectivity index (χ4n) is 1.60. The Balaban J connectivity index is 2.19. The molecule has 0 bridgehead atoms. The zero-order chi connectivity index (χ0) is 12.0. The number of ether oxygens (including phenoxy) is 2. The molecule has 1 rings (SSSR count). The topological polar surface area (TPSA) is 35.5 Å². The van der Waals surface area contributed by atoms with E-state index in [9.17, 15) is 4.79 Å². The number of carbonyl (C=O) groups excluding carboxylic acids is 1. The van der Waals surface area contributed by atoms with Crippen LogP contribution in [0.25, 0.3) is 0 Å². The molecule has 2 unspecified atom stereocenters. The number of allylic oxidation sites excluding steroid dienone is 1. The number of rotatable bonds is 5. The summed E-state index contributed by atoms with van der Waals surface area (Å²) in [4.78, 5) is 11.4. The summed E-state index contributed by atoms with van der Waals surface area (Å²) >= 11 is 0. The van der Waals surface area contributed by atoms with Gasteiger partial charge < -0.3 is 9.47 Å². The van der Waals surface area contributed by atoms with Crippen molar-refractivity contribution >= 4 is 5.97 Å². The SMILES string of the molecule is CCC(C)OCC(=O)OC1CC=C(C)CC1. The molecule has 0 aromatic heterocycles. The summed E-state index contributed by atoms with van der Waals surface area (Å²) in [6.07, 6.45) is 6.07. The number of hydrogen-bond donors (Lipinski definition) is 0. The molecule has 0 saturated carbocycles. The molecule has 3 heteroatoms. The molecule has 0 spiro atoms. The van der Waals surface area contributed by atoms with Gasteiger partial charge in [0.25, 0.3) is 0 Å². The van der Waals surface area contributed by atoms with E-state index in [2.05, 4.69) is 13.0 Å². The molecule has 0 heterocycles. The van der Waals surface area contributed by atoms with E-state index in [4.69, 9.17) is 9.47 Å². The van der Waals surface area contributed by atoms with Crippen LogP contribution < -0.4 is 0 Å². The highest BCUT2D eigenvalue weighted by atomic mass is 16.6. The molecule has 0 N–H and O–H groups in total. The second-order valence-corrected chi connectivity index (χ2v) is 4.47. The van der Waals surface area contributed by atoms with Crippen molar-refractivity contribution in [3.8, 4) is 0 Å². The maximum atomic E-state index is 11.4. The first kappa shape index (κ1) is 13.2. The van der Waals surface area contributed by atoms with Gasteiger partial charge >= 0.3 is 5.97 Å². The van der Waals surface area contributed by atoms with Gasteiger partial charge in [-0.1, -0.05) is 18.6 Å². The second-order valence-electron chi connectivity index (χ2n) is 4.47. The summed E-state index contributed by atoms with van der Waals surface area (Å²) in [6.45, 7) is 6.18. The fraction of sp³-hybridized carbons (Fsp3) is 0.769. The van der Waals surface area contributed by atoms with E-state index < -0.39 is 0 Å². The normalized spacial score (nSPS) is 22.4. The van der Waals surface area contributed by atoms with Crippen LogP contribution in [0.1, 0.15) is 46.5 Å². The Morgan fingerprint density at radius 2 is 2.38 bits per heavy atom. The first-order valence-corrected chi connectivity index (χ1v) is 6.08. The molecule has 0 saturated heterocycles. The van der Waals surface area contributed by atoms with Crippen molar-refractivity contribution in [2.24, 2.45) is 0 Å². The van der Waals surface area contributed by atoms with E-state index in [1.807, 2.05) is 13.8 Å². The van der Waals surface area contributed by atoms with Gasteiger partial charge in [0.15, 0.2) is 0 Å². The van der Waals surface area contributed by atoms with Crippen molar-refractivity contribution < 1.29 is 14.3 Å². The number of hydrogen-bond acceptors (Lipinski definition) is 3. The lowest BCUT2D eigenvalue weighted by Gasteiger charge is -2.21. The number of esters is 1. The summed E-state index contributed by atoms with van der Waals surface area (Å²) in [6, 6.07) is 0. The van der Waals surface area contributed by atoms with E-state index in [0.29, 0.717) is 0 Å². The van der Waals surface area contributed by atoms with Crippen LogP contribution in [-0.4, -0.2) is 24.8 Å². The maximum Gasteiger partial charge on any atom is 0.332 e. The van der Waals surface area contributed by atoms with Crippen molar-refractivity contribution in [2.45, 2.75) is 58.7 Å². The van der Waals surface area contributed by atoms with Crippen LogP contribution in [0.5, 0.6) is 0 Å². The lowest BCUT2D eigenvalue weighted by Crippen LogP contribution is -2.24. The predicted octanol–water partition coefficient (Wildman–Crippen LogP) is 2.84. The molecular weight excluding hydrogens is 204 g/mol. The highest BCUT2D eigenvalue weighted by molar-refractivity contribution is 5.70. The van der Waals surface area contributed by atoms with Crippen LogP contribution in [0.15, 0.2) is 11.6 Å². The Morgan fingerprint density at radius 1 is 1.62 bits per heavy atom. The van der Waals surface area contributed by atoms with Gasteiger partial charge in [-0.15, -0.1) is 0 Å². The molecule has 0 fully saturated rings. The maximum absolute atomic E-state index is 11.4. The van der Waals surface area contributed by atoms with Crippen LogP contribution in [0.4, 0.5) is 0 Å². The van der Waals surface area contributed by atoms with Gasteiger partial charge in [-0.2, -0.15) is 0 Å². The molecular formula is C13H22O3. The van der Waals surface area contributed by atoms with Gasteiger partial charge in [0.2, 0.25) is 0 Å². The number of carbonyl (C=O) groups is 1. The van der Waals surface area contributed by atoms with Crippen molar-refractivity contribution in [2.75, 3.05) is 6.61 Å². The zero-order valence-electron chi connectivity index (χ0n) is 10.5. The second kappa shape index (κ2) is 6.69. The minimum Gasteiger partial charge on any atom is -0.460 e. The van der Waals surface area contributed by atoms with Gasteiger partial charge in [-0.25, -0.2) is 4.79 Å². The van der Waals surface area contributed by atoms with Crippen molar-refractivity contribution in [3.63, 3.8) is 0 Å². The Hall–Kier alpha value is -0.830. The molecule has 0 amide bonds.